The molecule has 0 saturated heterocycles. The molecule has 1 aromatic rings. The monoisotopic (exact) mass is 242 g/mol. The van der Waals surface area contributed by atoms with Crippen molar-refractivity contribution in [2.24, 2.45) is 5.41 Å². The quantitative estimate of drug-likeness (QED) is 0.754. The van der Waals surface area contributed by atoms with E-state index < -0.39 is 0 Å². The molecule has 18 heavy (non-hydrogen) atoms. The number of rotatable bonds is 4. The van der Waals surface area contributed by atoms with Crippen LogP contribution in [0.2, 0.25) is 0 Å². The minimum Gasteiger partial charge on any atom is -0.283 e. The van der Waals surface area contributed by atoms with Gasteiger partial charge < -0.3 is 0 Å². The molecule has 0 bridgehead atoms. The molecule has 1 saturated carbocycles. The van der Waals surface area contributed by atoms with Crippen molar-refractivity contribution < 1.29 is 0 Å². The van der Waals surface area contributed by atoms with Crippen molar-refractivity contribution in [3.8, 4) is 6.07 Å². The first-order valence-electron chi connectivity index (χ1n) is 6.78. The zero-order chi connectivity index (χ0) is 13.0. The molecule has 0 aromatic heterocycles. The van der Waals surface area contributed by atoms with Crippen LogP contribution in [0.4, 0.5) is 0 Å². The highest BCUT2D eigenvalue weighted by atomic mass is 15.2. The molecule has 0 spiro atoms. The minimum atomic E-state index is 0.339. The van der Waals surface area contributed by atoms with Gasteiger partial charge in [-0.3, -0.25) is 4.90 Å². The van der Waals surface area contributed by atoms with Gasteiger partial charge in [0.25, 0.3) is 0 Å². The topological polar surface area (TPSA) is 27.0 Å². The summed E-state index contributed by atoms with van der Waals surface area (Å²) in [6.45, 7) is 6.09. The molecule has 1 aromatic carbocycles. The van der Waals surface area contributed by atoms with Crippen molar-refractivity contribution in [3.05, 3.63) is 35.9 Å². The van der Waals surface area contributed by atoms with Crippen LogP contribution < -0.4 is 0 Å². The van der Waals surface area contributed by atoms with Crippen molar-refractivity contribution in [1.29, 1.82) is 5.26 Å². The number of benzene rings is 1. The van der Waals surface area contributed by atoms with Crippen LogP contribution >= 0.6 is 0 Å². The smallest absolute Gasteiger partial charge is 0.0871 e. The van der Waals surface area contributed by atoms with Gasteiger partial charge in [-0.1, -0.05) is 50.6 Å². The second-order valence-corrected chi connectivity index (χ2v) is 5.95. The largest absolute Gasteiger partial charge is 0.283 e. The number of nitrogens with zero attached hydrogens (tertiary/aromatic N) is 2. The number of hydrogen-bond donors (Lipinski definition) is 0. The normalized spacial score (nSPS) is 22.0. The Bertz CT molecular complexity index is 416. The Labute approximate surface area is 110 Å². The molecule has 1 aliphatic carbocycles. The lowest BCUT2D eigenvalue weighted by Gasteiger charge is -2.36. The van der Waals surface area contributed by atoms with Crippen LogP contribution in [-0.4, -0.2) is 17.5 Å². The van der Waals surface area contributed by atoms with E-state index in [1.165, 1.54) is 24.8 Å². The van der Waals surface area contributed by atoms with Gasteiger partial charge in [-0.15, -0.1) is 0 Å². The highest BCUT2D eigenvalue weighted by Crippen LogP contribution is 2.40. The molecule has 2 rings (SSSR count). The summed E-state index contributed by atoms with van der Waals surface area (Å²) in [7, 11) is 0. The summed E-state index contributed by atoms with van der Waals surface area (Å²) in [6, 6.07) is 13.3. The summed E-state index contributed by atoms with van der Waals surface area (Å²) < 4.78 is 0. The van der Waals surface area contributed by atoms with Crippen LogP contribution in [0.25, 0.3) is 0 Å². The molecule has 0 heterocycles. The highest BCUT2D eigenvalue weighted by Gasteiger charge is 2.38. The molecule has 1 unspecified atom stereocenters. The maximum absolute atomic E-state index is 9.05. The molecular formula is C16H22N2. The van der Waals surface area contributed by atoms with Crippen LogP contribution in [0.1, 0.15) is 38.7 Å². The lowest BCUT2D eigenvalue weighted by molar-refractivity contribution is 0.120. The van der Waals surface area contributed by atoms with Gasteiger partial charge in [-0.2, -0.15) is 5.26 Å². The molecule has 1 fully saturated rings. The minimum absolute atomic E-state index is 0.339. The summed E-state index contributed by atoms with van der Waals surface area (Å²) in [5.41, 5.74) is 1.64. The average molecular weight is 242 g/mol. The van der Waals surface area contributed by atoms with Crippen LogP contribution in [0.3, 0.4) is 0 Å². The highest BCUT2D eigenvalue weighted by molar-refractivity contribution is 5.15. The maximum atomic E-state index is 9.05. The van der Waals surface area contributed by atoms with Gasteiger partial charge in [0, 0.05) is 12.6 Å². The van der Waals surface area contributed by atoms with Crippen molar-refractivity contribution in [1.82, 2.24) is 4.90 Å². The van der Waals surface area contributed by atoms with Crippen molar-refractivity contribution in [2.45, 2.75) is 45.7 Å². The first-order chi connectivity index (χ1) is 8.63. The van der Waals surface area contributed by atoms with E-state index >= 15 is 0 Å². The van der Waals surface area contributed by atoms with E-state index in [9.17, 15) is 0 Å². The van der Waals surface area contributed by atoms with E-state index in [-0.39, 0.29) is 0 Å². The van der Waals surface area contributed by atoms with Crippen molar-refractivity contribution in [3.63, 3.8) is 0 Å². The molecule has 2 nitrogen and oxygen atoms in total. The van der Waals surface area contributed by atoms with Crippen molar-refractivity contribution >= 4 is 0 Å². The Morgan fingerprint density at radius 1 is 1.33 bits per heavy atom. The predicted octanol–water partition coefficient (Wildman–Crippen LogP) is 3.59. The Hall–Kier alpha value is -1.33. The third-order valence-corrected chi connectivity index (χ3v) is 4.14. The van der Waals surface area contributed by atoms with Crippen LogP contribution in [-0.2, 0) is 6.54 Å². The van der Waals surface area contributed by atoms with Crippen LogP contribution in [0, 0.1) is 16.7 Å². The van der Waals surface area contributed by atoms with Gasteiger partial charge in [0.1, 0.15) is 0 Å². The Kier molecular flexibility index (Phi) is 4.04. The molecule has 1 aliphatic rings. The Morgan fingerprint density at radius 2 is 2.06 bits per heavy atom. The van der Waals surface area contributed by atoms with E-state index in [1.54, 1.807) is 0 Å². The fraction of sp³-hybridized carbons (Fsp3) is 0.562. The fourth-order valence-corrected chi connectivity index (χ4v) is 3.17. The van der Waals surface area contributed by atoms with Crippen LogP contribution in [0.15, 0.2) is 30.3 Å². The molecular weight excluding hydrogens is 220 g/mol. The van der Waals surface area contributed by atoms with E-state index in [0.717, 1.165) is 6.54 Å². The maximum Gasteiger partial charge on any atom is 0.0871 e. The predicted molar refractivity (Wildman–Crippen MR) is 73.9 cm³/mol. The van der Waals surface area contributed by atoms with E-state index in [0.29, 0.717) is 18.0 Å². The van der Waals surface area contributed by atoms with E-state index in [1.807, 2.05) is 6.07 Å². The molecule has 0 radical (unpaired) electrons. The lowest BCUT2D eigenvalue weighted by Crippen LogP contribution is -2.41. The zero-order valence-corrected chi connectivity index (χ0v) is 11.4. The van der Waals surface area contributed by atoms with Gasteiger partial charge in [0.15, 0.2) is 0 Å². The molecule has 2 heteroatoms. The van der Waals surface area contributed by atoms with E-state index in [2.05, 4.69) is 49.1 Å². The first kappa shape index (κ1) is 13.1. The van der Waals surface area contributed by atoms with Gasteiger partial charge in [0.05, 0.1) is 12.6 Å². The van der Waals surface area contributed by atoms with Gasteiger partial charge >= 0.3 is 0 Å². The fourth-order valence-electron chi connectivity index (χ4n) is 3.17. The summed E-state index contributed by atoms with van der Waals surface area (Å²) >= 11 is 0. The summed E-state index contributed by atoms with van der Waals surface area (Å²) in [5.74, 6) is 0. The summed E-state index contributed by atoms with van der Waals surface area (Å²) in [6.07, 6.45) is 3.78. The average Bonchev–Trinajstić information content (AvgIpc) is 2.70. The molecule has 0 amide bonds. The molecule has 1 atom stereocenters. The zero-order valence-electron chi connectivity index (χ0n) is 11.4. The molecule has 0 aliphatic heterocycles. The second kappa shape index (κ2) is 5.54. The summed E-state index contributed by atoms with van der Waals surface area (Å²) in [5, 5.41) is 9.05. The Balaban J connectivity index is 2.12. The standard InChI is InChI=1S/C16H22N2/c1-16(2)10-6-9-15(16)18(12-11-17)13-14-7-4-3-5-8-14/h3-5,7-8,15H,6,9-10,12-13H2,1-2H3. The molecule has 96 valence electrons. The number of hydrogen-bond acceptors (Lipinski definition) is 2. The van der Waals surface area contributed by atoms with Crippen LogP contribution in [0.5, 0.6) is 0 Å². The van der Waals surface area contributed by atoms with E-state index in [4.69, 9.17) is 5.26 Å². The third kappa shape index (κ3) is 2.91. The first-order valence-corrected chi connectivity index (χ1v) is 6.78. The van der Waals surface area contributed by atoms with Gasteiger partial charge in [-0.25, -0.2) is 0 Å². The second-order valence-electron chi connectivity index (χ2n) is 5.95. The van der Waals surface area contributed by atoms with Gasteiger partial charge in [0.2, 0.25) is 0 Å². The molecule has 0 N–H and O–H groups in total. The lowest BCUT2D eigenvalue weighted by atomic mass is 9.86. The van der Waals surface area contributed by atoms with Crippen molar-refractivity contribution in [2.75, 3.05) is 6.54 Å². The van der Waals surface area contributed by atoms with Gasteiger partial charge in [-0.05, 0) is 23.8 Å². The number of nitriles is 1. The SMILES string of the molecule is CC1(C)CCCC1N(CC#N)Cc1ccccc1. The summed E-state index contributed by atoms with van der Waals surface area (Å²) in [4.78, 5) is 2.35. The Morgan fingerprint density at radius 3 is 2.61 bits per heavy atom. The third-order valence-electron chi connectivity index (χ3n) is 4.14.